The molecule has 1 atom stereocenters. The quantitative estimate of drug-likeness (QED) is 0.513. The zero-order valence-electron chi connectivity index (χ0n) is 20.6. The smallest absolute Gasteiger partial charge is 0.410 e. The highest BCUT2D eigenvalue weighted by Gasteiger charge is 2.47. The molecule has 1 saturated heterocycles. The molecular weight excluding hydrogens is 448 g/mol. The minimum Gasteiger partial charge on any atom is -0.467 e. The molecule has 2 amide bonds. The number of amides is 2. The van der Waals surface area contributed by atoms with Crippen LogP contribution in [0.1, 0.15) is 50.7 Å². The van der Waals surface area contributed by atoms with Gasteiger partial charge in [-0.25, -0.2) is 14.4 Å². The first-order chi connectivity index (χ1) is 16.6. The molecule has 186 valence electrons. The van der Waals surface area contributed by atoms with E-state index < -0.39 is 29.3 Å². The number of methoxy groups -OCH3 is 1. The van der Waals surface area contributed by atoms with Crippen molar-refractivity contribution in [3.63, 3.8) is 0 Å². The number of likely N-dealkylation sites (tertiary alicyclic amines) is 1. The number of nitrogens with zero attached hydrogens (tertiary/aromatic N) is 1. The molecule has 0 saturated carbocycles. The molecule has 35 heavy (non-hydrogen) atoms. The third-order valence-corrected chi connectivity index (χ3v) is 6.41. The van der Waals surface area contributed by atoms with Crippen LogP contribution in [-0.4, -0.2) is 61.0 Å². The van der Waals surface area contributed by atoms with E-state index in [0.717, 1.165) is 22.3 Å². The molecule has 1 unspecified atom stereocenters. The predicted octanol–water partition coefficient (Wildman–Crippen LogP) is 4.47. The van der Waals surface area contributed by atoms with Crippen molar-refractivity contribution in [2.45, 2.75) is 50.7 Å². The molecule has 1 aliphatic carbocycles. The Morgan fingerprint density at radius 1 is 1.03 bits per heavy atom. The fraction of sp³-hybridized carbons (Fsp3) is 0.444. The van der Waals surface area contributed by atoms with Gasteiger partial charge in [0.15, 0.2) is 5.54 Å². The van der Waals surface area contributed by atoms with Crippen LogP contribution in [0.15, 0.2) is 48.5 Å². The van der Waals surface area contributed by atoms with Gasteiger partial charge >= 0.3 is 18.2 Å². The summed E-state index contributed by atoms with van der Waals surface area (Å²) in [5.74, 6) is -0.730. The van der Waals surface area contributed by atoms with Gasteiger partial charge in [-0.1, -0.05) is 48.5 Å². The van der Waals surface area contributed by atoms with E-state index in [9.17, 15) is 14.4 Å². The topological polar surface area (TPSA) is 94.2 Å². The zero-order chi connectivity index (χ0) is 25.2. The van der Waals surface area contributed by atoms with Gasteiger partial charge < -0.3 is 24.4 Å². The van der Waals surface area contributed by atoms with E-state index in [1.807, 2.05) is 36.4 Å². The monoisotopic (exact) mass is 480 g/mol. The highest BCUT2D eigenvalue weighted by Crippen LogP contribution is 2.44. The molecule has 2 aromatic rings. The lowest BCUT2D eigenvalue weighted by Crippen LogP contribution is -2.64. The molecule has 1 N–H and O–H groups in total. The summed E-state index contributed by atoms with van der Waals surface area (Å²) in [5, 5.41) is 2.72. The van der Waals surface area contributed by atoms with Gasteiger partial charge in [-0.3, -0.25) is 0 Å². The van der Waals surface area contributed by atoms with Crippen molar-refractivity contribution in [1.82, 2.24) is 10.2 Å². The Balaban J connectivity index is 1.47. The average Bonchev–Trinajstić information content (AvgIpc) is 3.15. The number of piperidine rings is 1. The molecular formula is C27H32N2O6. The van der Waals surface area contributed by atoms with E-state index in [-0.39, 0.29) is 19.1 Å². The predicted molar refractivity (Wildman–Crippen MR) is 130 cm³/mol. The minimum atomic E-state index is -1.41. The summed E-state index contributed by atoms with van der Waals surface area (Å²) in [6.07, 6.45) is -0.454. The number of rotatable bonds is 4. The highest BCUT2D eigenvalue weighted by molar-refractivity contribution is 5.87. The molecule has 2 aliphatic rings. The number of nitrogens with one attached hydrogen (secondary N) is 1. The maximum absolute atomic E-state index is 12.9. The Bertz CT molecular complexity index is 1080. The number of benzene rings is 2. The van der Waals surface area contributed by atoms with Crippen LogP contribution < -0.4 is 5.32 Å². The molecule has 0 spiro atoms. The summed E-state index contributed by atoms with van der Waals surface area (Å²) in [7, 11) is 1.26. The van der Waals surface area contributed by atoms with Gasteiger partial charge in [0.05, 0.1) is 13.7 Å². The number of alkyl carbamates (subject to hydrolysis) is 1. The third-order valence-electron chi connectivity index (χ3n) is 6.41. The fourth-order valence-corrected chi connectivity index (χ4v) is 4.88. The average molecular weight is 481 g/mol. The molecule has 0 bridgehead atoms. The van der Waals surface area contributed by atoms with Crippen LogP contribution in [-0.2, 0) is 19.0 Å². The van der Waals surface area contributed by atoms with Gasteiger partial charge in [0.2, 0.25) is 0 Å². The molecule has 2 aromatic carbocycles. The molecule has 1 fully saturated rings. The second-order valence-electron chi connectivity index (χ2n) is 10.0. The summed E-state index contributed by atoms with van der Waals surface area (Å²) in [5.41, 5.74) is 2.36. The lowest BCUT2D eigenvalue weighted by atomic mass is 9.89. The van der Waals surface area contributed by atoms with Crippen LogP contribution >= 0.6 is 0 Å². The zero-order valence-corrected chi connectivity index (χ0v) is 20.6. The first-order valence-electron chi connectivity index (χ1n) is 11.8. The second kappa shape index (κ2) is 9.60. The van der Waals surface area contributed by atoms with Crippen molar-refractivity contribution in [2.75, 3.05) is 26.8 Å². The number of carbonyl (C=O) groups excluding carboxylic acids is 3. The summed E-state index contributed by atoms with van der Waals surface area (Å²) in [4.78, 5) is 39.8. The Morgan fingerprint density at radius 3 is 2.20 bits per heavy atom. The molecule has 1 heterocycles. The van der Waals surface area contributed by atoms with Gasteiger partial charge in [-0.2, -0.15) is 0 Å². The molecule has 1 aliphatic heterocycles. The van der Waals surface area contributed by atoms with Crippen LogP contribution in [0, 0.1) is 0 Å². The van der Waals surface area contributed by atoms with E-state index in [0.29, 0.717) is 19.4 Å². The van der Waals surface area contributed by atoms with E-state index in [1.54, 1.807) is 20.8 Å². The lowest BCUT2D eigenvalue weighted by molar-refractivity contribution is -0.150. The van der Waals surface area contributed by atoms with Crippen LogP contribution in [0.4, 0.5) is 9.59 Å². The lowest BCUT2D eigenvalue weighted by Gasteiger charge is -2.40. The number of hydrogen-bond acceptors (Lipinski definition) is 6. The van der Waals surface area contributed by atoms with E-state index >= 15 is 0 Å². The van der Waals surface area contributed by atoms with Crippen LogP contribution in [0.3, 0.4) is 0 Å². The second-order valence-corrected chi connectivity index (χ2v) is 10.0. The van der Waals surface area contributed by atoms with E-state index in [2.05, 4.69) is 17.4 Å². The highest BCUT2D eigenvalue weighted by atomic mass is 16.6. The van der Waals surface area contributed by atoms with Gasteiger partial charge in [0.25, 0.3) is 0 Å². The van der Waals surface area contributed by atoms with Crippen molar-refractivity contribution < 1.29 is 28.6 Å². The maximum atomic E-state index is 12.9. The van der Waals surface area contributed by atoms with E-state index in [4.69, 9.17) is 14.2 Å². The molecule has 0 radical (unpaired) electrons. The Labute approximate surface area is 205 Å². The van der Waals surface area contributed by atoms with Crippen molar-refractivity contribution in [2.24, 2.45) is 0 Å². The Morgan fingerprint density at radius 2 is 1.63 bits per heavy atom. The molecule has 0 aromatic heterocycles. The minimum absolute atomic E-state index is 0.0568. The normalized spacial score (nSPS) is 19.4. The standard InChI is InChI=1S/C27H32N2O6/c1-26(2,3)35-25(32)29-15-9-14-27(17-29,23(30)33-4)28-24(31)34-16-22-20-12-7-5-10-18(20)19-11-6-8-13-21(19)22/h5-8,10-13,22H,9,14-17H2,1-4H3,(H,28,31). The third kappa shape index (κ3) is 5.11. The summed E-state index contributed by atoms with van der Waals surface area (Å²) < 4.78 is 16.1. The first-order valence-corrected chi connectivity index (χ1v) is 11.8. The van der Waals surface area contributed by atoms with Gasteiger partial charge in [-0.15, -0.1) is 0 Å². The SMILES string of the molecule is COC(=O)C1(NC(=O)OCC2c3ccccc3-c3ccccc32)CCCN(C(=O)OC(C)(C)C)C1. The van der Waals surface area contributed by atoms with Crippen molar-refractivity contribution in [3.8, 4) is 11.1 Å². The van der Waals surface area contributed by atoms with Crippen LogP contribution in [0.2, 0.25) is 0 Å². The number of hydrogen-bond donors (Lipinski definition) is 1. The number of ether oxygens (including phenoxy) is 3. The first kappa shape index (κ1) is 24.6. The molecule has 8 nitrogen and oxygen atoms in total. The summed E-state index contributed by atoms with van der Waals surface area (Å²) in [6, 6.07) is 16.1. The molecule has 4 rings (SSSR count). The van der Waals surface area contributed by atoms with Gasteiger partial charge in [0, 0.05) is 12.5 Å². The number of fused-ring (bicyclic) bond motifs is 3. The largest absolute Gasteiger partial charge is 0.467 e. The number of carbonyl (C=O) groups is 3. The summed E-state index contributed by atoms with van der Waals surface area (Å²) >= 11 is 0. The number of esters is 1. The van der Waals surface area contributed by atoms with Crippen molar-refractivity contribution in [1.29, 1.82) is 0 Å². The van der Waals surface area contributed by atoms with Gasteiger partial charge in [0.1, 0.15) is 12.2 Å². The van der Waals surface area contributed by atoms with Crippen molar-refractivity contribution >= 4 is 18.2 Å². The van der Waals surface area contributed by atoms with Crippen LogP contribution in [0.25, 0.3) is 11.1 Å². The Hall–Kier alpha value is -3.55. The van der Waals surface area contributed by atoms with Crippen molar-refractivity contribution in [3.05, 3.63) is 59.7 Å². The van der Waals surface area contributed by atoms with Crippen LogP contribution in [0.5, 0.6) is 0 Å². The Kier molecular flexibility index (Phi) is 6.74. The fourth-order valence-electron chi connectivity index (χ4n) is 4.88. The summed E-state index contributed by atoms with van der Waals surface area (Å²) in [6.45, 7) is 5.80. The molecule has 8 heteroatoms. The van der Waals surface area contributed by atoms with E-state index in [1.165, 1.54) is 12.0 Å². The maximum Gasteiger partial charge on any atom is 0.410 e. The van der Waals surface area contributed by atoms with Gasteiger partial charge in [-0.05, 0) is 55.9 Å².